The number of ether oxygens (including phenoxy) is 5. The molecule has 0 amide bonds. The second kappa shape index (κ2) is 12.3. The highest BCUT2D eigenvalue weighted by atomic mass is 16.7. The Balaban J connectivity index is 1.61. The van der Waals surface area contributed by atoms with Crippen molar-refractivity contribution in [2.45, 2.75) is 77.0 Å². The largest absolute Gasteiger partial charge is 0.511 e. The molecule has 0 saturated carbocycles. The van der Waals surface area contributed by atoms with E-state index < -0.39 is 34.7 Å². The van der Waals surface area contributed by atoms with Crippen LogP contribution in [0, 0.1) is 17.3 Å². The predicted molar refractivity (Wildman–Crippen MR) is 183 cm³/mol. The topological polar surface area (TPSA) is 139 Å². The summed E-state index contributed by atoms with van der Waals surface area (Å²) in [5, 5.41) is 28.0. The van der Waals surface area contributed by atoms with Crippen molar-refractivity contribution in [2.75, 3.05) is 73.2 Å². The number of aliphatic hydroxyl groups is 2. The fourth-order valence-corrected chi connectivity index (χ4v) is 9.20. The van der Waals surface area contributed by atoms with E-state index in [4.69, 9.17) is 23.7 Å². The molecule has 0 aromatic heterocycles. The van der Waals surface area contributed by atoms with Gasteiger partial charge in [-0.15, -0.1) is 0 Å². The molecular formula is C37H53N3O9. The molecule has 0 unspecified atom stereocenters. The van der Waals surface area contributed by atoms with Crippen LogP contribution in [0.4, 0.5) is 5.69 Å². The van der Waals surface area contributed by atoms with Crippen molar-refractivity contribution in [1.29, 1.82) is 0 Å². The number of rotatable bonds is 8. The molecule has 1 aromatic rings. The first-order valence-electron chi connectivity index (χ1n) is 17.2. The minimum Gasteiger partial charge on any atom is -0.511 e. The fraction of sp³-hybridized carbons (Fsp3) is 0.676. The molecule has 4 atom stereocenters. The molecule has 0 radical (unpaired) electrons. The lowest BCUT2D eigenvalue weighted by Crippen LogP contribution is -2.66. The number of aliphatic hydroxyl groups excluding tert-OH is 2. The van der Waals surface area contributed by atoms with Gasteiger partial charge >= 0.3 is 0 Å². The highest BCUT2D eigenvalue weighted by molar-refractivity contribution is 5.96. The summed E-state index contributed by atoms with van der Waals surface area (Å²) in [5.74, 6) is -4.00. The van der Waals surface area contributed by atoms with Gasteiger partial charge in [0, 0.05) is 48.8 Å². The SMILES string of the molecule is COc1c(CC(=O)CNC(C)(C)C)cc(N(C)C)c2c1C1(OCCO1)C1=C(O)[C@@]3(C)[C@@H](C[C@@H]1C2)[C@H](N(C)C)C(O)=C(C(C)=O)C31OCCO1. The molecular weight excluding hydrogens is 630 g/mol. The normalized spacial score (nSPS) is 28.6. The van der Waals surface area contributed by atoms with Gasteiger partial charge in [-0.1, -0.05) is 0 Å². The second-order valence-electron chi connectivity index (χ2n) is 15.7. The average molecular weight is 684 g/mol. The molecule has 1 aromatic carbocycles. The molecule has 0 bridgehead atoms. The maximum Gasteiger partial charge on any atom is 0.226 e. The molecule has 2 heterocycles. The molecule has 12 heteroatoms. The van der Waals surface area contributed by atoms with Crippen molar-refractivity contribution in [2.24, 2.45) is 17.3 Å². The van der Waals surface area contributed by atoms with E-state index in [1.54, 1.807) is 7.11 Å². The van der Waals surface area contributed by atoms with Crippen LogP contribution < -0.4 is 15.0 Å². The summed E-state index contributed by atoms with van der Waals surface area (Å²) >= 11 is 0. The van der Waals surface area contributed by atoms with Gasteiger partial charge in [0.2, 0.25) is 11.6 Å². The minimum absolute atomic E-state index is 0.00159. The minimum atomic E-state index is -1.73. The second-order valence-corrected chi connectivity index (χ2v) is 15.7. The Kier molecular flexibility index (Phi) is 9.02. The van der Waals surface area contributed by atoms with E-state index >= 15 is 0 Å². The molecule has 2 aliphatic heterocycles. The maximum absolute atomic E-state index is 13.4. The number of methoxy groups -OCH3 is 1. The van der Waals surface area contributed by atoms with E-state index in [1.807, 2.05) is 71.8 Å². The van der Waals surface area contributed by atoms with Crippen molar-refractivity contribution >= 4 is 17.3 Å². The number of hydrogen-bond donors (Lipinski definition) is 3. The zero-order chi connectivity index (χ0) is 35.8. The number of nitrogens with one attached hydrogen (secondary N) is 1. The van der Waals surface area contributed by atoms with Crippen molar-refractivity contribution in [3.8, 4) is 5.75 Å². The van der Waals surface area contributed by atoms with Gasteiger partial charge in [-0.3, -0.25) is 14.5 Å². The highest BCUT2D eigenvalue weighted by Crippen LogP contribution is 2.67. The molecule has 2 saturated heterocycles. The van der Waals surface area contributed by atoms with Gasteiger partial charge in [-0.05, 0) is 79.1 Å². The van der Waals surface area contributed by atoms with E-state index in [9.17, 15) is 19.8 Å². The Morgan fingerprint density at radius 1 is 1.04 bits per heavy atom. The van der Waals surface area contributed by atoms with Crippen molar-refractivity contribution in [3.63, 3.8) is 0 Å². The van der Waals surface area contributed by atoms with Crippen LogP contribution in [-0.4, -0.2) is 112 Å². The molecule has 49 heavy (non-hydrogen) atoms. The number of carbonyl (C=O) groups is 2. The Hall–Kier alpha value is -3.00. The molecule has 2 fully saturated rings. The number of Topliss-reactive ketones (excluding diaryl/α,β-unsaturated/α-hetero) is 2. The van der Waals surface area contributed by atoms with Crippen molar-refractivity contribution < 1.29 is 43.5 Å². The number of ketones is 2. The van der Waals surface area contributed by atoms with Crippen molar-refractivity contribution in [3.05, 3.63) is 45.4 Å². The Bertz CT molecular complexity index is 1590. The molecule has 5 aliphatic rings. The number of fused-ring (bicyclic) bond motifs is 6. The lowest BCUT2D eigenvalue weighted by Gasteiger charge is -2.60. The van der Waals surface area contributed by atoms with Gasteiger partial charge in [0.15, 0.2) is 11.6 Å². The Morgan fingerprint density at radius 2 is 1.65 bits per heavy atom. The predicted octanol–water partition coefficient (Wildman–Crippen LogP) is 3.56. The molecule has 2 spiro atoms. The number of likely N-dealkylation sites (N-methyl/N-ethyl adjacent to an activating group) is 1. The fourth-order valence-electron chi connectivity index (χ4n) is 9.20. The number of hydrogen-bond acceptors (Lipinski definition) is 12. The van der Waals surface area contributed by atoms with Crippen LogP contribution in [0.3, 0.4) is 0 Å². The van der Waals surface area contributed by atoms with Crippen LogP contribution in [0.25, 0.3) is 0 Å². The van der Waals surface area contributed by atoms with E-state index in [0.29, 0.717) is 35.3 Å². The van der Waals surface area contributed by atoms with E-state index in [0.717, 1.165) is 11.3 Å². The summed E-state index contributed by atoms with van der Waals surface area (Å²) in [6, 6.07) is 1.41. The first-order valence-corrected chi connectivity index (χ1v) is 17.2. The van der Waals surface area contributed by atoms with Gasteiger partial charge in [0.25, 0.3) is 0 Å². The molecule has 3 N–H and O–H groups in total. The Labute approximate surface area is 289 Å². The maximum atomic E-state index is 13.4. The third kappa shape index (κ3) is 5.24. The third-order valence-electron chi connectivity index (χ3n) is 11.1. The number of nitrogens with zero attached hydrogens (tertiary/aromatic N) is 2. The molecule has 6 rings (SSSR count). The number of benzene rings is 1. The van der Waals surface area contributed by atoms with Crippen LogP contribution in [0.1, 0.15) is 57.7 Å². The van der Waals surface area contributed by atoms with E-state index in [1.165, 1.54) is 6.92 Å². The van der Waals surface area contributed by atoms with Gasteiger partial charge < -0.3 is 44.1 Å². The average Bonchev–Trinajstić information content (AvgIpc) is 3.69. The number of anilines is 1. The molecule has 3 aliphatic carbocycles. The number of carbonyl (C=O) groups excluding carboxylic acids is 2. The monoisotopic (exact) mass is 683 g/mol. The van der Waals surface area contributed by atoms with Crippen LogP contribution in [0.15, 0.2) is 28.7 Å². The van der Waals surface area contributed by atoms with E-state index in [2.05, 4.69) is 5.32 Å². The van der Waals surface area contributed by atoms with E-state index in [-0.39, 0.29) is 73.7 Å². The van der Waals surface area contributed by atoms with Crippen LogP contribution >= 0.6 is 0 Å². The van der Waals surface area contributed by atoms with Crippen LogP contribution in [-0.2, 0) is 47.2 Å². The summed E-state index contributed by atoms with van der Waals surface area (Å²) in [6.07, 6.45) is 1.13. The summed E-state index contributed by atoms with van der Waals surface area (Å²) in [5.41, 5.74) is 2.19. The lowest BCUT2D eigenvalue weighted by atomic mass is 9.51. The first kappa shape index (κ1) is 35.8. The third-order valence-corrected chi connectivity index (χ3v) is 11.1. The smallest absolute Gasteiger partial charge is 0.226 e. The standard InChI is InChI=1S/C37H53N3O9/c1-20(41)27-31(43)30(40(8)9)25-17-21-16-24-26(39(6)7)18-22(15-23(42)19-38-34(2,3)4)32(45-10)29(24)36(46-11-12-47-36)28(21)33(44)35(25,5)37(27)48-13-14-49-37/h18,21,25,30,38,43-44H,11-17,19H2,1-10H3/t21-,25-,30-,35+/m0/s1. The van der Waals surface area contributed by atoms with Gasteiger partial charge in [-0.25, -0.2) is 0 Å². The zero-order valence-electron chi connectivity index (χ0n) is 30.6. The summed E-state index contributed by atoms with van der Waals surface area (Å²) in [6.45, 7) is 10.4. The Morgan fingerprint density at radius 3 is 2.18 bits per heavy atom. The summed E-state index contributed by atoms with van der Waals surface area (Å²) < 4.78 is 32.2. The lowest BCUT2D eigenvalue weighted by molar-refractivity contribution is -0.244. The van der Waals surface area contributed by atoms with Gasteiger partial charge in [-0.2, -0.15) is 0 Å². The van der Waals surface area contributed by atoms with Gasteiger partial charge in [0.1, 0.15) is 17.3 Å². The zero-order valence-corrected chi connectivity index (χ0v) is 30.6. The highest BCUT2D eigenvalue weighted by Gasteiger charge is 2.72. The summed E-state index contributed by atoms with van der Waals surface area (Å²) in [4.78, 5) is 30.7. The van der Waals surface area contributed by atoms with Crippen LogP contribution in [0.2, 0.25) is 0 Å². The summed E-state index contributed by atoms with van der Waals surface area (Å²) in [7, 11) is 9.23. The molecule has 270 valence electrons. The quantitative estimate of drug-likeness (QED) is 0.369. The van der Waals surface area contributed by atoms with Crippen molar-refractivity contribution in [1.82, 2.24) is 10.2 Å². The van der Waals surface area contributed by atoms with Crippen LogP contribution in [0.5, 0.6) is 5.75 Å². The van der Waals surface area contributed by atoms with Gasteiger partial charge in [0.05, 0.1) is 62.7 Å². The molecule has 12 nitrogen and oxygen atoms in total. The first-order chi connectivity index (χ1) is 22.9.